The lowest BCUT2D eigenvalue weighted by Gasteiger charge is -2.07. The Hall–Kier alpha value is -2.24. The molecule has 0 spiro atoms. The maximum atomic E-state index is 11.3. The van der Waals surface area contributed by atoms with Crippen molar-refractivity contribution in [2.24, 2.45) is 0 Å². The lowest BCUT2D eigenvalue weighted by atomic mass is 10.0. The molecule has 1 unspecified atom stereocenters. The highest BCUT2D eigenvalue weighted by Gasteiger charge is 2.35. The largest absolute Gasteiger partial charge is 0.508 e. The summed E-state index contributed by atoms with van der Waals surface area (Å²) < 4.78 is 4.79. The third kappa shape index (κ3) is 1.54. The molecule has 0 saturated heterocycles. The van der Waals surface area contributed by atoms with E-state index in [1.54, 1.807) is 0 Å². The number of carbonyl (C=O) groups excluding carboxylic acids is 1. The zero-order chi connectivity index (χ0) is 11.9. The Morgan fingerprint density at radius 3 is 2.69 bits per heavy atom. The van der Waals surface area contributed by atoms with E-state index >= 15 is 0 Å². The Kier molecular flexibility index (Phi) is 2.19. The van der Waals surface area contributed by atoms with Crippen LogP contribution in [0.1, 0.15) is 28.4 Å². The second kappa shape index (κ2) is 3.41. The molecule has 0 bridgehead atoms. The number of hydrogen-bond acceptors (Lipinski definition) is 5. The number of benzene rings is 1. The Morgan fingerprint density at radius 2 is 2.06 bits per heavy atom. The molecule has 2 rings (SSSR count). The maximum Gasteiger partial charge on any atom is 0.342 e. The smallest absolute Gasteiger partial charge is 0.342 e. The number of carbonyl (C=O) groups is 2. The van der Waals surface area contributed by atoms with Crippen LogP contribution >= 0.6 is 0 Å². The molecule has 84 valence electrons. The van der Waals surface area contributed by atoms with Gasteiger partial charge in [-0.25, -0.2) is 4.79 Å². The standard InChI is InChI=1S/C10H8O6/c11-4-1-5-7(3-8(13)14)16-10(15)9(5)6(12)2-4/h1-2,7,11-12H,3H2,(H,13,14). The molecule has 1 aliphatic heterocycles. The Morgan fingerprint density at radius 1 is 1.38 bits per heavy atom. The van der Waals surface area contributed by atoms with E-state index in [0.717, 1.165) is 6.07 Å². The first kappa shape index (κ1) is 10.3. The van der Waals surface area contributed by atoms with Crippen molar-refractivity contribution < 1.29 is 29.6 Å². The molecule has 1 aromatic carbocycles. The summed E-state index contributed by atoms with van der Waals surface area (Å²) in [6.07, 6.45) is -1.36. The van der Waals surface area contributed by atoms with Crippen molar-refractivity contribution in [3.05, 3.63) is 23.3 Å². The van der Waals surface area contributed by atoms with Crippen LogP contribution in [0.15, 0.2) is 12.1 Å². The third-order valence-electron chi connectivity index (χ3n) is 2.29. The van der Waals surface area contributed by atoms with E-state index in [4.69, 9.17) is 9.84 Å². The number of phenols is 2. The lowest BCUT2D eigenvalue weighted by molar-refractivity contribution is -0.139. The van der Waals surface area contributed by atoms with Gasteiger partial charge in [0.1, 0.15) is 23.2 Å². The van der Waals surface area contributed by atoms with Crippen molar-refractivity contribution in [1.82, 2.24) is 0 Å². The van der Waals surface area contributed by atoms with Gasteiger partial charge in [0.15, 0.2) is 0 Å². The van der Waals surface area contributed by atoms with Crippen LogP contribution in [0.3, 0.4) is 0 Å². The van der Waals surface area contributed by atoms with Gasteiger partial charge in [0.2, 0.25) is 0 Å². The minimum atomic E-state index is -1.13. The van der Waals surface area contributed by atoms with Gasteiger partial charge in [0.25, 0.3) is 0 Å². The van der Waals surface area contributed by atoms with Crippen LogP contribution in [0.2, 0.25) is 0 Å². The van der Waals surface area contributed by atoms with Gasteiger partial charge in [-0.1, -0.05) is 0 Å². The summed E-state index contributed by atoms with van der Waals surface area (Å²) in [4.78, 5) is 21.9. The number of rotatable bonds is 2. The summed E-state index contributed by atoms with van der Waals surface area (Å²) in [5.74, 6) is -2.56. The van der Waals surface area contributed by atoms with E-state index in [-0.39, 0.29) is 16.9 Å². The summed E-state index contributed by atoms with van der Waals surface area (Å²) in [6.45, 7) is 0. The lowest BCUT2D eigenvalue weighted by Crippen LogP contribution is -2.05. The molecule has 1 aliphatic rings. The first-order chi connectivity index (χ1) is 7.49. The van der Waals surface area contributed by atoms with Gasteiger partial charge >= 0.3 is 11.9 Å². The van der Waals surface area contributed by atoms with Gasteiger partial charge in [0.05, 0.1) is 6.42 Å². The normalized spacial score (nSPS) is 18.0. The van der Waals surface area contributed by atoms with Gasteiger partial charge in [-0.2, -0.15) is 0 Å². The zero-order valence-electron chi connectivity index (χ0n) is 8.01. The number of aliphatic carboxylic acids is 1. The summed E-state index contributed by atoms with van der Waals surface area (Å²) >= 11 is 0. The SMILES string of the molecule is O=C(O)CC1OC(=O)c2c(O)cc(O)cc21. The number of carboxylic acid groups (broad SMARTS) is 1. The van der Waals surface area contributed by atoms with E-state index < -0.39 is 30.2 Å². The molecule has 3 N–H and O–H groups in total. The topological polar surface area (TPSA) is 104 Å². The quantitative estimate of drug-likeness (QED) is 0.641. The van der Waals surface area contributed by atoms with Gasteiger partial charge in [-0.15, -0.1) is 0 Å². The van der Waals surface area contributed by atoms with Crippen LogP contribution < -0.4 is 0 Å². The number of ether oxygens (including phenoxy) is 1. The third-order valence-corrected chi connectivity index (χ3v) is 2.29. The number of aromatic hydroxyl groups is 2. The van der Waals surface area contributed by atoms with E-state index in [0.29, 0.717) is 0 Å². The highest BCUT2D eigenvalue weighted by Crippen LogP contribution is 2.40. The maximum absolute atomic E-state index is 11.3. The van der Waals surface area contributed by atoms with E-state index in [1.807, 2.05) is 0 Å². The van der Waals surface area contributed by atoms with Crippen LogP contribution in [-0.4, -0.2) is 27.3 Å². The van der Waals surface area contributed by atoms with Crippen LogP contribution in [0.4, 0.5) is 0 Å². The molecular formula is C10H8O6. The highest BCUT2D eigenvalue weighted by molar-refractivity contribution is 5.97. The highest BCUT2D eigenvalue weighted by atomic mass is 16.6. The minimum absolute atomic E-state index is 0.0796. The predicted octanol–water partition coefficient (Wildman–Crippen LogP) is 0.784. The Labute approximate surface area is 89.7 Å². The molecule has 1 atom stereocenters. The van der Waals surface area contributed by atoms with Gasteiger partial charge in [-0.3, -0.25) is 4.79 Å². The molecule has 1 aromatic rings. The fourth-order valence-electron chi connectivity index (χ4n) is 1.67. The average molecular weight is 224 g/mol. The second-order valence-electron chi connectivity index (χ2n) is 3.42. The molecule has 0 saturated carbocycles. The Bertz CT molecular complexity index is 478. The molecule has 16 heavy (non-hydrogen) atoms. The summed E-state index contributed by atoms with van der Waals surface area (Å²) in [7, 11) is 0. The van der Waals surface area contributed by atoms with Crippen LogP contribution in [0.5, 0.6) is 11.5 Å². The second-order valence-corrected chi connectivity index (χ2v) is 3.42. The van der Waals surface area contributed by atoms with E-state index in [2.05, 4.69) is 0 Å². The van der Waals surface area contributed by atoms with Crippen LogP contribution in [-0.2, 0) is 9.53 Å². The molecule has 6 heteroatoms. The molecule has 6 nitrogen and oxygen atoms in total. The summed E-state index contributed by atoms with van der Waals surface area (Å²) in [5.41, 5.74) is 0.119. The van der Waals surface area contributed by atoms with Crippen molar-refractivity contribution in [2.75, 3.05) is 0 Å². The van der Waals surface area contributed by atoms with Crippen LogP contribution in [0, 0.1) is 0 Å². The number of carboxylic acids is 1. The van der Waals surface area contributed by atoms with Crippen molar-refractivity contribution in [1.29, 1.82) is 0 Å². The summed E-state index contributed by atoms with van der Waals surface area (Å²) in [6, 6.07) is 2.22. The number of cyclic esters (lactones) is 1. The predicted molar refractivity (Wildman–Crippen MR) is 50.2 cm³/mol. The molecule has 0 aromatic heterocycles. The monoisotopic (exact) mass is 224 g/mol. The molecule has 0 aliphatic carbocycles. The average Bonchev–Trinajstić information content (AvgIpc) is 2.41. The molecular weight excluding hydrogens is 216 g/mol. The van der Waals surface area contributed by atoms with Crippen molar-refractivity contribution in [3.63, 3.8) is 0 Å². The van der Waals surface area contributed by atoms with Crippen molar-refractivity contribution in [3.8, 4) is 11.5 Å². The Balaban J connectivity index is 2.48. The van der Waals surface area contributed by atoms with E-state index in [9.17, 15) is 19.8 Å². The van der Waals surface area contributed by atoms with Crippen LogP contribution in [0.25, 0.3) is 0 Å². The number of phenolic OH excluding ortho intramolecular Hbond substituents is 2. The van der Waals surface area contributed by atoms with Crippen molar-refractivity contribution >= 4 is 11.9 Å². The first-order valence-electron chi connectivity index (χ1n) is 4.47. The van der Waals surface area contributed by atoms with Gasteiger partial charge < -0.3 is 20.1 Å². The summed E-state index contributed by atoms with van der Waals surface area (Å²) in [5, 5.41) is 27.3. The zero-order valence-corrected chi connectivity index (χ0v) is 8.01. The molecule has 0 amide bonds. The number of fused-ring (bicyclic) bond motifs is 1. The molecule has 0 radical (unpaired) electrons. The number of esters is 1. The molecule has 1 heterocycles. The van der Waals surface area contributed by atoms with E-state index in [1.165, 1.54) is 6.07 Å². The molecule has 0 fully saturated rings. The fourth-order valence-corrected chi connectivity index (χ4v) is 1.67. The van der Waals surface area contributed by atoms with Gasteiger partial charge in [-0.05, 0) is 6.07 Å². The fraction of sp³-hybridized carbons (Fsp3) is 0.200. The number of hydrogen-bond donors (Lipinski definition) is 3. The van der Waals surface area contributed by atoms with Gasteiger partial charge in [0, 0.05) is 11.6 Å². The minimum Gasteiger partial charge on any atom is -0.508 e. The first-order valence-corrected chi connectivity index (χ1v) is 4.47. The van der Waals surface area contributed by atoms with Crippen molar-refractivity contribution in [2.45, 2.75) is 12.5 Å².